The Morgan fingerprint density at radius 2 is 1.77 bits per heavy atom. The molecule has 0 aromatic heterocycles. The molecule has 1 rings (SSSR count). The van der Waals surface area contributed by atoms with Crippen LogP contribution in [0.4, 0.5) is 0 Å². The Labute approximate surface area is 82.0 Å². The fourth-order valence-electron chi connectivity index (χ4n) is 2.31. The quantitative estimate of drug-likeness (QED) is 0.499. The van der Waals surface area contributed by atoms with Crippen LogP contribution in [0.2, 0.25) is 0 Å². The molecule has 1 unspecified atom stereocenters. The molecule has 13 heavy (non-hydrogen) atoms. The van der Waals surface area contributed by atoms with E-state index in [2.05, 4.69) is 39.8 Å². The van der Waals surface area contributed by atoms with Crippen molar-refractivity contribution in [3.05, 3.63) is 12.2 Å². The van der Waals surface area contributed by atoms with E-state index >= 15 is 0 Å². The van der Waals surface area contributed by atoms with Gasteiger partial charge in [0.25, 0.3) is 0 Å². The number of rotatable bonds is 3. The van der Waals surface area contributed by atoms with Crippen LogP contribution in [0.5, 0.6) is 0 Å². The molecule has 0 saturated carbocycles. The molecule has 0 aliphatic heterocycles. The molecule has 0 amide bonds. The summed E-state index contributed by atoms with van der Waals surface area (Å²) in [5, 5.41) is 0. The number of allylic oxidation sites excluding steroid dienone is 2. The lowest BCUT2D eigenvalue weighted by molar-refractivity contribution is 0.553. The van der Waals surface area contributed by atoms with E-state index in [1.807, 2.05) is 0 Å². The van der Waals surface area contributed by atoms with Crippen molar-refractivity contribution < 1.29 is 4.57 Å². The van der Waals surface area contributed by atoms with Crippen molar-refractivity contribution in [2.75, 3.05) is 0 Å². The summed E-state index contributed by atoms with van der Waals surface area (Å²) in [5.41, 5.74) is 1.04. The molecule has 0 spiro atoms. The summed E-state index contributed by atoms with van der Waals surface area (Å²) >= 11 is 0. The van der Waals surface area contributed by atoms with Crippen molar-refractivity contribution in [3.8, 4) is 0 Å². The van der Waals surface area contributed by atoms with Crippen LogP contribution in [0, 0.1) is 0 Å². The fourth-order valence-corrected chi connectivity index (χ4v) is 5.98. The van der Waals surface area contributed by atoms with Gasteiger partial charge in [-0.25, -0.2) is 0 Å². The fraction of sp³-hybridized carbons (Fsp3) is 0.818. The summed E-state index contributed by atoms with van der Waals surface area (Å²) in [5.74, 6) is 0. The summed E-state index contributed by atoms with van der Waals surface area (Å²) in [6.07, 6.45) is 6.59. The van der Waals surface area contributed by atoms with E-state index in [0.717, 1.165) is 12.8 Å². The Morgan fingerprint density at radius 1 is 1.23 bits per heavy atom. The average Bonchev–Trinajstić information content (AvgIpc) is 2.54. The first-order chi connectivity index (χ1) is 5.99. The van der Waals surface area contributed by atoms with Crippen LogP contribution in [-0.4, -0.2) is 17.0 Å². The lowest BCUT2D eigenvalue weighted by atomic mass is 10.4. The minimum atomic E-state index is -2.00. The van der Waals surface area contributed by atoms with Crippen LogP contribution in [0.25, 0.3) is 0 Å². The van der Waals surface area contributed by atoms with Gasteiger partial charge in [0.05, 0.1) is 7.14 Å². The van der Waals surface area contributed by atoms with Crippen molar-refractivity contribution in [2.24, 2.45) is 0 Å². The standard InChI is InChI=1S/C11H21OP/c1-9(2)13(12,10(3)4)11-7-5-6-8-11/h5,7,9-11H,6,8H2,1-4H3. The second kappa shape index (κ2) is 4.00. The first-order valence-electron chi connectivity index (χ1n) is 5.25. The van der Waals surface area contributed by atoms with Gasteiger partial charge in [0.1, 0.15) is 0 Å². The summed E-state index contributed by atoms with van der Waals surface area (Å²) in [6.45, 7) is 8.42. The lowest BCUT2D eigenvalue weighted by Crippen LogP contribution is -2.17. The van der Waals surface area contributed by atoms with Crippen LogP contribution >= 0.6 is 7.14 Å². The zero-order chi connectivity index (χ0) is 10.1. The van der Waals surface area contributed by atoms with Gasteiger partial charge in [-0.15, -0.1) is 0 Å². The van der Waals surface area contributed by atoms with Crippen molar-refractivity contribution in [1.82, 2.24) is 0 Å². The van der Waals surface area contributed by atoms with Crippen LogP contribution < -0.4 is 0 Å². The smallest absolute Gasteiger partial charge is 0.0990 e. The van der Waals surface area contributed by atoms with E-state index in [4.69, 9.17) is 0 Å². The van der Waals surface area contributed by atoms with E-state index in [1.54, 1.807) is 0 Å². The Bertz CT molecular complexity index is 228. The number of hydrogen-bond acceptors (Lipinski definition) is 1. The van der Waals surface area contributed by atoms with Gasteiger partial charge >= 0.3 is 0 Å². The van der Waals surface area contributed by atoms with Crippen LogP contribution in [-0.2, 0) is 4.57 Å². The van der Waals surface area contributed by atoms with Gasteiger partial charge in [-0.3, -0.25) is 0 Å². The molecule has 76 valence electrons. The van der Waals surface area contributed by atoms with Crippen LogP contribution in [0.3, 0.4) is 0 Å². The Hall–Kier alpha value is -0.0300. The zero-order valence-electron chi connectivity index (χ0n) is 9.16. The zero-order valence-corrected chi connectivity index (χ0v) is 10.1. The maximum Gasteiger partial charge on any atom is 0.0990 e. The monoisotopic (exact) mass is 200 g/mol. The second-order valence-corrected chi connectivity index (χ2v) is 8.78. The van der Waals surface area contributed by atoms with Gasteiger partial charge in [0, 0.05) is 17.0 Å². The maximum atomic E-state index is 12.8. The van der Waals surface area contributed by atoms with Gasteiger partial charge < -0.3 is 4.57 Å². The predicted molar refractivity (Wildman–Crippen MR) is 60.0 cm³/mol. The summed E-state index contributed by atoms with van der Waals surface area (Å²) in [4.78, 5) is 0. The maximum absolute atomic E-state index is 12.8. The molecule has 1 aliphatic carbocycles. The Kier molecular flexibility index (Phi) is 3.40. The lowest BCUT2D eigenvalue weighted by Gasteiger charge is -2.30. The highest BCUT2D eigenvalue weighted by atomic mass is 31.2. The molecule has 2 heteroatoms. The Balaban J connectivity index is 2.90. The highest BCUT2D eigenvalue weighted by Gasteiger charge is 2.37. The van der Waals surface area contributed by atoms with E-state index in [9.17, 15) is 4.57 Å². The third-order valence-corrected chi connectivity index (χ3v) is 7.82. The molecule has 1 aliphatic rings. The van der Waals surface area contributed by atoms with Crippen molar-refractivity contribution in [3.63, 3.8) is 0 Å². The van der Waals surface area contributed by atoms with E-state index in [1.165, 1.54) is 0 Å². The molecule has 0 aromatic rings. The first kappa shape index (κ1) is 11.0. The number of hydrogen-bond donors (Lipinski definition) is 0. The molecule has 0 heterocycles. The van der Waals surface area contributed by atoms with Crippen molar-refractivity contribution in [1.29, 1.82) is 0 Å². The second-order valence-electron chi connectivity index (χ2n) is 4.52. The minimum Gasteiger partial charge on any atom is -0.322 e. The minimum absolute atomic E-state index is 0.334. The third kappa shape index (κ3) is 1.91. The summed E-state index contributed by atoms with van der Waals surface area (Å²) in [7, 11) is -2.00. The van der Waals surface area contributed by atoms with Gasteiger partial charge in [0.15, 0.2) is 0 Å². The van der Waals surface area contributed by atoms with E-state index in [-0.39, 0.29) is 0 Å². The highest BCUT2D eigenvalue weighted by molar-refractivity contribution is 7.66. The van der Waals surface area contributed by atoms with Gasteiger partial charge in [-0.1, -0.05) is 39.8 Å². The molecule has 1 nitrogen and oxygen atoms in total. The molecule has 0 fully saturated rings. The molecule has 0 aromatic carbocycles. The van der Waals surface area contributed by atoms with Crippen molar-refractivity contribution in [2.45, 2.75) is 57.5 Å². The topological polar surface area (TPSA) is 17.1 Å². The van der Waals surface area contributed by atoms with Crippen molar-refractivity contribution >= 4 is 7.14 Å². The highest BCUT2D eigenvalue weighted by Crippen LogP contribution is 2.61. The Morgan fingerprint density at radius 3 is 2.08 bits per heavy atom. The summed E-state index contributed by atoms with van der Waals surface area (Å²) in [6, 6.07) is 0. The molecule has 0 N–H and O–H groups in total. The van der Waals surface area contributed by atoms with Gasteiger partial charge in [0.2, 0.25) is 0 Å². The molecular formula is C11H21OP. The third-order valence-electron chi connectivity index (χ3n) is 3.12. The molecule has 0 bridgehead atoms. The first-order valence-corrected chi connectivity index (χ1v) is 7.16. The molecule has 0 saturated heterocycles. The van der Waals surface area contributed by atoms with E-state index in [0.29, 0.717) is 17.0 Å². The normalized spacial score (nSPS) is 23.4. The largest absolute Gasteiger partial charge is 0.322 e. The van der Waals surface area contributed by atoms with E-state index < -0.39 is 7.14 Å². The van der Waals surface area contributed by atoms with Gasteiger partial charge in [-0.05, 0) is 12.8 Å². The molecular weight excluding hydrogens is 179 g/mol. The summed E-state index contributed by atoms with van der Waals surface area (Å²) < 4.78 is 12.8. The van der Waals surface area contributed by atoms with Crippen LogP contribution in [0.15, 0.2) is 12.2 Å². The van der Waals surface area contributed by atoms with Gasteiger partial charge in [-0.2, -0.15) is 0 Å². The van der Waals surface area contributed by atoms with Crippen LogP contribution in [0.1, 0.15) is 40.5 Å². The average molecular weight is 200 g/mol. The molecule has 1 atom stereocenters. The molecule has 0 radical (unpaired) electrons. The SMILES string of the molecule is CC(C)P(=O)(C(C)C)C1C=CCC1. The predicted octanol–water partition coefficient (Wildman–Crippen LogP) is 3.88.